The molecule has 7 heteroatoms. The minimum absolute atomic E-state index is 0.0932. The van der Waals surface area contributed by atoms with Crippen LogP contribution in [0.1, 0.15) is 34.0 Å². The minimum Gasteiger partial charge on any atom is -0.454 e. The molecule has 0 spiro atoms. The quantitative estimate of drug-likeness (QED) is 0.450. The fraction of sp³-hybridized carbons (Fsp3) is 0.200. The van der Waals surface area contributed by atoms with Gasteiger partial charge < -0.3 is 24.7 Å². The number of hydrogen-bond donors (Lipinski definition) is 2. The number of carbonyl (C=O) groups excluding carboxylic acids is 2. The predicted molar refractivity (Wildman–Crippen MR) is 139 cm³/mol. The number of benzene rings is 3. The molecule has 0 bridgehead atoms. The molecule has 3 aliphatic rings. The average Bonchev–Trinajstić information content (AvgIpc) is 3.55. The molecule has 0 aliphatic carbocycles. The molecule has 1 unspecified atom stereocenters. The summed E-state index contributed by atoms with van der Waals surface area (Å²) in [5, 5.41) is 4.10. The van der Waals surface area contributed by atoms with Crippen molar-refractivity contribution in [2.24, 2.45) is 0 Å². The summed E-state index contributed by atoms with van der Waals surface area (Å²) in [5.74, 6) is 1.10. The molecule has 7 rings (SSSR count). The Morgan fingerprint density at radius 3 is 2.65 bits per heavy atom. The molecule has 3 atom stereocenters. The van der Waals surface area contributed by atoms with Crippen molar-refractivity contribution in [2.75, 3.05) is 6.79 Å². The summed E-state index contributed by atoms with van der Waals surface area (Å²) < 4.78 is 11.2. The van der Waals surface area contributed by atoms with Gasteiger partial charge in [-0.3, -0.25) is 9.59 Å². The van der Waals surface area contributed by atoms with Crippen LogP contribution >= 0.6 is 0 Å². The summed E-state index contributed by atoms with van der Waals surface area (Å²) in [7, 11) is 0. The van der Waals surface area contributed by atoms with Gasteiger partial charge >= 0.3 is 0 Å². The maximum Gasteiger partial charge on any atom is 0.247 e. The highest BCUT2D eigenvalue weighted by atomic mass is 16.7. The van der Waals surface area contributed by atoms with Gasteiger partial charge in [-0.25, -0.2) is 0 Å². The van der Waals surface area contributed by atoms with Gasteiger partial charge in [-0.05, 0) is 40.5 Å². The number of piperazine rings is 1. The molecule has 1 aromatic heterocycles. The van der Waals surface area contributed by atoms with Crippen LogP contribution < -0.4 is 14.8 Å². The lowest BCUT2D eigenvalue weighted by Gasteiger charge is -2.46. The number of H-pyrrole nitrogens is 1. The third-order valence-corrected chi connectivity index (χ3v) is 7.67. The van der Waals surface area contributed by atoms with E-state index in [-0.39, 0.29) is 18.6 Å². The largest absolute Gasteiger partial charge is 0.454 e. The van der Waals surface area contributed by atoms with Crippen molar-refractivity contribution in [1.29, 1.82) is 0 Å². The topological polar surface area (TPSA) is 83.7 Å². The molecule has 3 aliphatic heterocycles. The SMILES string of the molecule is C=Cc1ccc(C[C@@H]2NC(=O)C3Cc4c([nH]c5ccccc45)[C@@H](c4ccc5c(c4)OCO5)N3C2=O)cc1. The molecule has 37 heavy (non-hydrogen) atoms. The molecule has 184 valence electrons. The van der Waals surface area contributed by atoms with E-state index in [1.54, 1.807) is 11.0 Å². The van der Waals surface area contributed by atoms with E-state index in [2.05, 4.69) is 22.9 Å². The Morgan fingerprint density at radius 1 is 1.00 bits per heavy atom. The molecule has 3 aromatic carbocycles. The van der Waals surface area contributed by atoms with Gasteiger partial charge in [0.15, 0.2) is 11.5 Å². The van der Waals surface area contributed by atoms with Gasteiger partial charge in [0, 0.05) is 29.4 Å². The van der Waals surface area contributed by atoms with E-state index in [4.69, 9.17) is 9.47 Å². The van der Waals surface area contributed by atoms with Crippen LogP contribution in [0, 0.1) is 0 Å². The van der Waals surface area contributed by atoms with Crippen LogP contribution in [0.5, 0.6) is 11.5 Å². The summed E-state index contributed by atoms with van der Waals surface area (Å²) >= 11 is 0. The van der Waals surface area contributed by atoms with Crippen LogP contribution in [0.15, 0.2) is 73.3 Å². The lowest BCUT2D eigenvalue weighted by Crippen LogP contribution is -2.66. The minimum atomic E-state index is -0.652. The van der Waals surface area contributed by atoms with E-state index in [0.29, 0.717) is 24.3 Å². The molecule has 0 radical (unpaired) electrons. The van der Waals surface area contributed by atoms with Crippen LogP contribution in [-0.2, 0) is 22.4 Å². The number of para-hydroxylation sites is 1. The second-order valence-corrected chi connectivity index (χ2v) is 9.75. The fourth-order valence-electron chi connectivity index (χ4n) is 5.87. The number of aromatic amines is 1. The molecule has 4 aromatic rings. The first-order valence-electron chi connectivity index (χ1n) is 12.4. The van der Waals surface area contributed by atoms with E-state index in [1.165, 1.54) is 0 Å². The molecule has 2 amide bonds. The van der Waals surface area contributed by atoms with Crippen molar-refractivity contribution in [2.45, 2.75) is 31.0 Å². The molecule has 4 heterocycles. The third kappa shape index (κ3) is 3.42. The number of amides is 2. The van der Waals surface area contributed by atoms with Crippen molar-refractivity contribution in [3.63, 3.8) is 0 Å². The van der Waals surface area contributed by atoms with E-state index in [1.807, 2.05) is 60.7 Å². The average molecular weight is 492 g/mol. The number of aromatic nitrogens is 1. The summed E-state index contributed by atoms with van der Waals surface area (Å²) in [6.07, 6.45) is 2.65. The van der Waals surface area contributed by atoms with Crippen molar-refractivity contribution < 1.29 is 19.1 Å². The summed E-state index contributed by atoms with van der Waals surface area (Å²) in [6, 6.07) is 20.0. The Bertz CT molecular complexity index is 1570. The molecule has 7 nitrogen and oxygen atoms in total. The molecular weight excluding hydrogens is 466 g/mol. The van der Waals surface area contributed by atoms with Crippen molar-refractivity contribution in [3.8, 4) is 11.5 Å². The summed E-state index contributed by atoms with van der Waals surface area (Å²) in [4.78, 5) is 33.0. The van der Waals surface area contributed by atoms with Gasteiger partial charge in [-0.2, -0.15) is 0 Å². The number of carbonyl (C=O) groups is 2. The van der Waals surface area contributed by atoms with Gasteiger partial charge in [0.1, 0.15) is 12.1 Å². The van der Waals surface area contributed by atoms with Crippen LogP contribution in [0.4, 0.5) is 0 Å². The first-order valence-corrected chi connectivity index (χ1v) is 12.4. The predicted octanol–water partition coefficient (Wildman–Crippen LogP) is 4.12. The second-order valence-electron chi connectivity index (χ2n) is 9.75. The van der Waals surface area contributed by atoms with Crippen LogP contribution in [-0.4, -0.2) is 40.6 Å². The smallest absolute Gasteiger partial charge is 0.247 e. The molecule has 0 saturated carbocycles. The van der Waals surface area contributed by atoms with Gasteiger partial charge in [0.05, 0.1) is 6.04 Å². The first kappa shape index (κ1) is 21.7. The first-order chi connectivity index (χ1) is 18.1. The highest BCUT2D eigenvalue weighted by Gasteiger charge is 2.49. The second kappa shape index (κ2) is 8.27. The zero-order chi connectivity index (χ0) is 25.1. The van der Waals surface area contributed by atoms with Crippen LogP contribution in [0.2, 0.25) is 0 Å². The number of nitrogens with one attached hydrogen (secondary N) is 2. The van der Waals surface area contributed by atoms with Gasteiger partial charge in [-0.1, -0.05) is 61.2 Å². The van der Waals surface area contributed by atoms with Crippen LogP contribution in [0.25, 0.3) is 17.0 Å². The van der Waals surface area contributed by atoms with Crippen molar-refractivity contribution in [3.05, 3.63) is 101 Å². The van der Waals surface area contributed by atoms with E-state index < -0.39 is 18.1 Å². The number of nitrogens with zero attached hydrogens (tertiary/aromatic N) is 1. The number of ether oxygens (including phenoxy) is 2. The van der Waals surface area contributed by atoms with Crippen molar-refractivity contribution in [1.82, 2.24) is 15.2 Å². The summed E-state index contributed by atoms with van der Waals surface area (Å²) in [6.45, 7) is 3.97. The molecular formula is C30H25N3O4. The maximum absolute atomic E-state index is 14.1. The molecule has 2 N–H and O–H groups in total. The number of hydrogen-bond acceptors (Lipinski definition) is 4. The fourth-order valence-corrected chi connectivity index (χ4v) is 5.87. The Balaban J connectivity index is 1.33. The van der Waals surface area contributed by atoms with Gasteiger partial charge in [-0.15, -0.1) is 0 Å². The Kier molecular flexibility index (Phi) is 4.86. The molecule has 1 saturated heterocycles. The van der Waals surface area contributed by atoms with Gasteiger partial charge in [0.2, 0.25) is 18.6 Å². The standard InChI is InChI=1S/C30H25N3O4/c1-2-17-7-9-18(10-8-17)13-23-30(35)33-24(29(34)32-23)15-21-20-5-3-4-6-22(20)31-27(21)28(33)19-11-12-25-26(14-19)37-16-36-25/h2-12,14,23-24,28,31H,1,13,15-16H2,(H,32,34)/t23-,24?,28+/m0/s1. The summed E-state index contributed by atoms with van der Waals surface area (Å²) in [5.41, 5.74) is 5.86. The van der Waals surface area contributed by atoms with E-state index in [9.17, 15) is 9.59 Å². The number of fused-ring (bicyclic) bond motifs is 5. The van der Waals surface area contributed by atoms with Crippen LogP contribution in [0.3, 0.4) is 0 Å². The zero-order valence-electron chi connectivity index (χ0n) is 20.1. The maximum atomic E-state index is 14.1. The highest BCUT2D eigenvalue weighted by Crippen LogP contribution is 2.44. The van der Waals surface area contributed by atoms with Crippen molar-refractivity contribution >= 4 is 28.8 Å². The lowest BCUT2D eigenvalue weighted by atomic mass is 9.85. The normalized spacial score (nSPS) is 21.9. The third-order valence-electron chi connectivity index (χ3n) is 7.67. The highest BCUT2D eigenvalue weighted by molar-refractivity contribution is 5.99. The number of rotatable bonds is 4. The Labute approximate surface area is 213 Å². The van der Waals surface area contributed by atoms with Gasteiger partial charge in [0.25, 0.3) is 0 Å². The monoisotopic (exact) mass is 491 g/mol. The van der Waals surface area contributed by atoms with E-state index >= 15 is 0 Å². The van der Waals surface area contributed by atoms with E-state index in [0.717, 1.165) is 38.9 Å². The Morgan fingerprint density at radius 2 is 1.81 bits per heavy atom. The Hall–Kier alpha value is -4.52. The molecule has 1 fully saturated rings. The zero-order valence-corrected chi connectivity index (χ0v) is 20.1. The lowest BCUT2D eigenvalue weighted by molar-refractivity contribution is -0.152.